The molecule has 0 aliphatic carbocycles. The zero-order valence-electron chi connectivity index (χ0n) is 18.2. The predicted octanol–water partition coefficient (Wildman–Crippen LogP) is 3.83. The maximum Gasteiger partial charge on any atom is 0.264 e. The van der Waals surface area contributed by atoms with Crippen LogP contribution in [0.1, 0.15) is 27.9 Å². The molecule has 0 atom stereocenters. The molecule has 5 rings (SSSR count). The van der Waals surface area contributed by atoms with E-state index in [0.717, 1.165) is 29.7 Å². The lowest BCUT2D eigenvalue weighted by Crippen LogP contribution is -2.35. The van der Waals surface area contributed by atoms with Crippen molar-refractivity contribution in [2.45, 2.75) is 24.3 Å². The van der Waals surface area contributed by atoms with Crippen molar-refractivity contribution in [3.63, 3.8) is 0 Å². The molecule has 1 amide bonds. The van der Waals surface area contributed by atoms with Gasteiger partial charge >= 0.3 is 0 Å². The molecule has 2 heterocycles. The first kappa shape index (κ1) is 21.3. The Bertz CT molecular complexity index is 1300. The van der Waals surface area contributed by atoms with Crippen LogP contribution < -0.4 is 13.8 Å². The van der Waals surface area contributed by atoms with Gasteiger partial charge in [0.05, 0.1) is 10.6 Å². The number of benzene rings is 3. The molecule has 0 aromatic heterocycles. The minimum absolute atomic E-state index is 0.175. The fraction of sp³-hybridized carbons (Fsp3) is 0.240. The molecule has 170 valence electrons. The number of aryl methyl sites for hydroxylation is 1. The summed E-state index contributed by atoms with van der Waals surface area (Å²) >= 11 is 0. The molecule has 0 unspecified atom stereocenters. The molecule has 0 saturated carbocycles. The monoisotopic (exact) mass is 464 g/mol. The van der Waals surface area contributed by atoms with Gasteiger partial charge in [-0.1, -0.05) is 24.3 Å². The lowest BCUT2D eigenvalue weighted by Gasteiger charge is -2.30. The number of ether oxygens (including phenoxy) is 2. The predicted molar refractivity (Wildman–Crippen MR) is 124 cm³/mol. The highest BCUT2D eigenvalue weighted by atomic mass is 32.2. The second-order valence-corrected chi connectivity index (χ2v) is 10.0. The van der Waals surface area contributed by atoms with Crippen molar-refractivity contribution < 1.29 is 22.7 Å². The highest BCUT2D eigenvalue weighted by Crippen LogP contribution is 2.33. The quantitative estimate of drug-likeness (QED) is 0.574. The smallest absolute Gasteiger partial charge is 0.264 e. The van der Waals surface area contributed by atoms with Crippen LogP contribution >= 0.6 is 0 Å². The zero-order chi connectivity index (χ0) is 23.0. The van der Waals surface area contributed by atoms with Gasteiger partial charge in [-0.15, -0.1) is 0 Å². The Labute approximate surface area is 193 Å². The normalized spacial score (nSPS) is 14.6. The number of carbonyl (C=O) groups is 1. The first-order valence-electron chi connectivity index (χ1n) is 10.8. The van der Waals surface area contributed by atoms with Gasteiger partial charge in [0.2, 0.25) is 6.79 Å². The highest BCUT2D eigenvalue weighted by molar-refractivity contribution is 7.92. The third-order valence-corrected chi connectivity index (χ3v) is 7.79. The van der Waals surface area contributed by atoms with Crippen LogP contribution in [0.15, 0.2) is 71.6 Å². The number of hydrogen-bond acceptors (Lipinski definition) is 5. The fourth-order valence-corrected chi connectivity index (χ4v) is 5.79. The van der Waals surface area contributed by atoms with Gasteiger partial charge in [0.15, 0.2) is 11.5 Å². The van der Waals surface area contributed by atoms with Crippen molar-refractivity contribution in [2.24, 2.45) is 0 Å². The topological polar surface area (TPSA) is 76.1 Å². The molecule has 0 fully saturated rings. The maximum atomic E-state index is 13.3. The molecule has 0 bridgehead atoms. The Kier molecular flexibility index (Phi) is 5.46. The number of amides is 1. The van der Waals surface area contributed by atoms with E-state index in [9.17, 15) is 13.2 Å². The average molecular weight is 465 g/mol. The standard InChI is InChI=1S/C25H24N2O5S/c1-26(16-18-8-13-23-24(15-18)32-17-31-23)25(28)20-9-11-21(12-10-20)33(29,30)27-14-4-6-19-5-2-3-7-22(19)27/h2-3,5,7-13,15H,4,6,14,16-17H2,1H3. The molecule has 3 aromatic rings. The van der Waals surface area contributed by atoms with Crippen molar-refractivity contribution in [2.75, 3.05) is 24.7 Å². The van der Waals surface area contributed by atoms with E-state index in [-0.39, 0.29) is 17.6 Å². The van der Waals surface area contributed by atoms with Crippen LogP contribution in [0.25, 0.3) is 0 Å². The van der Waals surface area contributed by atoms with E-state index in [1.54, 1.807) is 24.1 Å². The van der Waals surface area contributed by atoms with Gasteiger partial charge in [0.25, 0.3) is 15.9 Å². The minimum Gasteiger partial charge on any atom is -0.454 e. The van der Waals surface area contributed by atoms with E-state index in [2.05, 4.69) is 0 Å². The summed E-state index contributed by atoms with van der Waals surface area (Å²) in [7, 11) is -2.00. The largest absolute Gasteiger partial charge is 0.454 e. The van der Waals surface area contributed by atoms with Gasteiger partial charge in [0.1, 0.15) is 0 Å². The van der Waals surface area contributed by atoms with E-state index < -0.39 is 10.0 Å². The summed E-state index contributed by atoms with van der Waals surface area (Å²) < 4.78 is 38.8. The Balaban J connectivity index is 1.32. The number of rotatable bonds is 5. The second kappa shape index (κ2) is 8.44. The van der Waals surface area contributed by atoms with Crippen LogP contribution in [0.2, 0.25) is 0 Å². The number of sulfonamides is 1. The van der Waals surface area contributed by atoms with Crippen molar-refractivity contribution in [1.82, 2.24) is 4.90 Å². The van der Waals surface area contributed by atoms with Gasteiger partial charge in [-0.2, -0.15) is 0 Å². The number of para-hydroxylation sites is 1. The Hall–Kier alpha value is -3.52. The van der Waals surface area contributed by atoms with Crippen LogP contribution in [0.3, 0.4) is 0 Å². The summed E-state index contributed by atoms with van der Waals surface area (Å²) in [6.07, 6.45) is 1.64. The van der Waals surface area contributed by atoms with Crippen molar-refractivity contribution in [3.05, 3.63) is 83.4 Å². The lowest BCUT2D eigenvalue weighted by atomic mass is 10.0. The third-order valence-electron chi connectivity index (χ3n) is 5.96. The summed E-state index contributed by atoms with van der Waals surface area (Å²) in [5.41, 5.74) is 3.10. The van der Waals surface area contributed by atoms with Crippen LogP contribution in [0.4, 0.5) is 5.69 Å². The zero-order valence-corrected chi connectivity index (χ0v) is 19.0. The number of carbonyl (C=O) groups excluding carboxylic acids is 1. The second-order valence-electron chi connectivity index (χ2n) is 8.18. The maximum absolute atomic E-state index is 13.3. The number of nitrogens with zero attached hydrogens (tertiary/aromatic N) is 2. The van der Waals surface area contributed by atoms with Crippen LogP contribution in [-0.2, 0) is 23.0 Å². The van der Waals surface area contributed by atoms with Crippen LogP contribution in [-0.4, -0.2) is 39.6 Å². The number of fused-ring (bicyclic) bond motifs is 2. The molecule has 7 nitrogen and oxygen atoms in total. The number of hydrogen-bond donors (Lipinski definition) is 0. The Morgan fingerprint density at radius 2 is 1.76 bits per heavy atom. The summed E-state index contributed by atoms with van der Waals surface area (Å²) in [5, 5.41) is 0. The van der Waals surface area contributed by atoms with Gasteiger partial charge < -0.3 is 14.4 Å². The summed E-state index contributed by atoms with van der Waals surface area (Å²) in [5.74, 6) is 1.17. The molecular weight excluding hydrogens is 440 g/mol. The summed E-state index contributed by atoms with van der Waals surface area (Å²) in [6, 6.07) is 19.3. The molecule has 2 aliphatic rings. The molecule has 0 spiro atoms. The Morgan fingerprint density at radius 3 is 2.58 bits per heavy atom. The lowest BCUT2D eigenvalue weighted by molar-refractivity contribution is 0.0785. The molecule has 33 heavy (non-hydrogen) atoms. The molecule has 3 aromatic carbocycles. The molecule has 8 heteroatoms. The molecule has 0 N–H and O–H groups in total. The minimum atomic E-state index is -3.71. The molecule has 0 saturated heterocycles. The van der Waals surface area contributed by atoms with Gasteiger partial charge in [-0.05, 0) is 66.4 Å². The van der Waals surface area contributed by atoms with Gasteiger partial charge in [-0.3, -0.25) is 9.10 Å². The van der Waals surface area contributed by atoms with Crippen molar-refractivity contribution in [1.29, 1.82) is 0 Å². The van der Waals surface area contributed by atoms with Gasteiger partial charge in [0, 0.05) is 25.7 Å². The van der Waals surface area contributed by atoms with Crippen LogP contribution in [0, 0.1) is 0 Å². The number of anilines is 1. The molecular formula is C25H24N2O5S. The first-order chi connectivity index (χ1) is 15.9. The van der Waals surface area contributed by atoms with Gasteiger partial charge in [-0.25, -0.2) is 8.42 Å². The summed E-state index contributed by atoms with van der Waals surface area (Å²) in [6.45, 7) is 1.03. The first-order valence-corrected chi connectivity index (χ1v) is 12.2. The van der Waals surface area contributed by atoms with Crippen molar-refractivity contribution in [3.8, 4) is 11.5 Å². The van der Waals surface area contributed by atoms with E-state index in [1.807, 2.05) is 42.5 Å². The average Bonchev–Trinajstić information content (AvgIpc) is 3.31. The Morgan fingerprint density at radius 1 is 1.00 bits per heavy atom. The van der Waals surface area contributed by atoms with E-state index in [0.29, 0.717) is 30.2 Å². The highest BCUT2D eigenvalue weighted by Gasteiger charge is 2.29. The SMILES string of the molecule is CN(Cc1ccc2c(c1)OCO2)C(=O)c1ccc(S(=O)(=O)N2CCCc3ccccc32)cc1. The third kappa shape index (κ3) is 4.02. The van der Waals surface area contributed by atoms with E-state index >= 15 is 0 Å². The molecule has 2 aliphatic heterocycles. The molecule has 0 radical (unpaired) electrons. The van der Waals surface area contributed by atoms with E-state index in [1.165, 1.54) is 16.4 Å². The summed E-state index contributed by atoms with van der Waals surface area (Å²) in [4.78, 5) is 14.7. The van der Waals surface area contributed by atoms with E-state index in [4.69, 9.17) is 9.47 Å². The fourth-order valence-electron chi connectivity index (χ4n) is 4.25. The van der Waals surface area contributed by atoms with Crippen molar-refractivity contribution >= 4 is 21.6 Å². The van der Waals surface area contributed by atoms with Crippen LogP contribution in [0.5, 0.6) is 11.5 Å².